The molecule has 5 rings (SSSR count). The molecule has 212 valence electrons. The molecule has 0 bridgehead atoms. The highest BCUT2D eigenvalue weighted by molar-refractivity contribution is 6.05. The van der Waals surface area contributed by atoms with Gasteiger partial charge >= 0.3 is 0 Å². The maximum atomic E-state index is 12.7. The normalized spacial score (nSPS) is 19.9. The van der Waals surface area contributed by atoms with Gasteiger partial charge in [-0.15, -0.1) is 12.4 Å². The number of amides is 1. The Kier molecular flexibility index (Phi) is 9.84. The van der Waals surface area contributed by atoms with E-state index in [1.54, 1.807) is 14.2 Å². The molecule has 1 amide bonds. The summed E-state index contributed by atoms with van der Waals surface area (Å²) in [6.07, 6.45) is 13.2. The number of nitrogens with two attached hydrogens (primary N) is 1. The van der Waals surface area contributed by atoms with Crippen molar-refractivity contribution in [3.05, 3.63) is 42.1 Å². The average molecular weight is 554 g/mol. The fraction of sp³-hybridized carbons (Fsp3) is 0.531. The first-order chi connectivity index (χ1) is 18.5. The molecule has 0 aliphatic heterocycles. The standard InChI is InChI=1S/C32H43N3O3.ClH/c1-4-29(36)34-26-18-28(37-2)30(22-14-16-23(33)17-15-22)32(38-3)31(26)25-20-35(19-21-10-6-5-7-11-21)27-13-9-8-12-24(25)27;/h8-9,12-13,18,20-23H,4-7,10-11,14-17,19,33H2,1-3H3,(H,34,36);1H. The Morgan fingerprint density at radius 1 is 1.03 bits per heavy atom. The van der Waals surface area contributed by atoms with Gasteiger partial charge in [0.05, 0.1) is 25.5 Å². The predicted octanol–water partition coefficient (Wildman–Crippen LogP) is 7.66. The summed E-state index contributed by atoms with van der Waals surface area (Å²) in [5, 5.41) is 4.35. The lowest BCUT2D eigenvalue weighted by Gasteiger charge is -2.30. The number of methoxy groups -OCH3 is 2. The Balaban J connectivity index is 0.00000353. The molecule has 0 atom stereocenters. The quantitative estimate of drug-likeness (QED) is 0.300. The maximum Gasteiger partial charge on any atom is 0.224 e. The third kappa shape index (κ3) is 6.07. The summed E-state index contributed by atoms with van der Waals surface area (Å²) < 4.78 is 14.6. The number of ether oxygens (including phenoxy) is 2. The molecule has 0 unspecified atom stereocenters. The summed E-state index contributed by atoms with van der Waals surface area (Å²) >= 11 is 0. The molecule has 2 saturated carbocycles. The lowest BCUT2D eigenvalue weighted by molar-refractivity contribution is -0.115. The average Bonchev–Trinajstić information content (AvgIpc) is 3.31. The maximum absolute atomic E-state index is 12.7. The van der Waals surface area contributed by atoms with Crippen molar-refractivity contribution in [1.29, 1.82) is 0 Å². The molecular formula is C32H44ClN3O3. The third-order valence-corrected chi connectivity index (χ3v) is 8.72. The molecular weight excluding hydrogens is 510 g/mol. The van der Waals surface area contributed by atoms with Crippen LogP contribution in [0.5, 0.6) is 11.5 Å². The number of aromatic nitrogens is 1. The second kappa shape index (κ2) is 13.1. The van der Waals surface area contributed by atoms with Crippen LogP contribution in [-0.4, -0.2) is 30.7 Å². The highest BCUT2D eigenvalue weighted by Crippen LogP contribution is 2.51. The smallest absolute Gasteiger partial charge is 0.224 e. The second-order valence-electron chi connectivity index (χ2n) is 11.2. The van der Waals surface area contributed by atoms with Crippen molar-refractivity contribution < 1.29 is 14.3 Å². The van der Waals surface area contributed by atoms with Crippen LogP contribution in [0.25, 0.3) is 22.0 Å². The number of para-hydroxylation sites is 1. The number of hydrogen-bond donors (Lipinski definition) is 2. The van der Waals surface area contributed by atoms with Gasteiger partial charge < -0.3 is 25.1 Å². The summed E-state index contributed by atoms with van der Waals surface area (Å²) in [7, 11) is 3.44. The number of hydrogen-bond acceptors (Lipinski definition) is 4. The van der Waals surface area contributed by atoms with Crippen LogP contribution in [0.3, 0.4) is 0 Å². The van der Waals surface area contributed by atoms with Gasteiger partial charge in [-0.25, -0.2) is 0 Å². The molecule has 2 aliphatic rings. The Morgan fingerprint density at radius 2 is 1.74 bits per heavy atom. The fourth-order valence-electron chi connectivity index (χ4n) is 6.67. The van der Waals surface area contributed by atoms with Crippen molar-refractivity contribution in [1.82, 2.24) is 4.57 Å². The number of carbonyl (C=O) groups excluding carboxylic acids is 1. The molecule has 6 nitrogen and oxygen atoms in total. The lowest BCUT2D eigenvalue weighted by atomic mass is 9.80. The molecule has 2 aliphatic carbocycles. The number of anilines is 1. The van der Waals surface area contributed by atoms with Crippen LogP contribution in [0.2, 0.25) is 0 Å². The van der Waals surface area contributed by atoms with Crippen molar-refractivity contribution in [2.24, 2.45) is 11.7 Å². The first-order valence-corrected chi connectivity index (χ1v) is 14.5. The second-order valence-corrected chi connectivity index (χ2v) is 11.2. The summed E-state index contributed by atoms with van der Waals surface area (Å²) in [6, 6.07) is 10.9. The molecule has 1 heterocycles. The minimum atomic E-state index is -0.0299. The van der Waals surface area contributed by atoms with E-state index in [1.165, 1.54) is 43.0 Å². The van der Waals surface area contributed by atoms with Crippen LogP contribution >= 0.6 is 12.4 Å². The van der Waals surface area contributed by atoms with Gasteiger partial charge in [0, 0.05) is 53.3 Å². The van der Waals surface area contributed by atoms with Crippen molar-refractivity contribution in [3.8, 4) is 22.6 Å². The van der Waals surface area contributed by atoms with Gasteiger partial charge in [0.2, 0.25) is 5.91 Å². The van der Waals surface area contributed by atoms with Crippen LogP contribution < -0.4 is 20.5 Å². The molecule has 2 aromatic carbocycles. The molecule has 3 N–H and O–H groups in total. The zero-order chi connectivity index (χ0) is 26.6. The number of fused-ring (bicyclic) bond motifs is 1. The van der Waals surface area contributed by atoms with Gasteiger partial charge in [-0.1, -0.05) is 44.4 Å². The van der Waals surface area contributed by atoms with Gasteiger partial charge in [0.25, 0.3) is 0 Å². The van der Waals surface area contributed by atoms with E-state index in [9.17, 15) is 4.79 Å². The van der Waals surface area contributed by atoms with Gasteiger partial charge in [-0.3, -0.25) is 4.79 Å². The van der Waals surface area contributed by atoms with E-state index in [1.807, 2.05) is 13.0 Å². The number of nitrogens with zero attached hydrogens (tertiary/aromatic N) is 1. The Labute approximate surface area is 239 Å². The van der Waals surface area contributed by atoms with E-state index < -0.39 is 0 Å². The number of halogens is 1. The van der Waals surface area contributed by atoms with Gasteiger partial charge in [-0.2, -0.15) is 0 Å². The van der Waals surface area contributed by atoms with E-state index in [4.69, 9.17) is 15.2 Å². The highest BCUT2D eigenvalue weighted by atomic mass is 35.5. The Morgan fingerprint density at radius 3 is 2.41 bits per heavy atom. The van der Waals surface area contributed by atoms with Crippen LogP contribution in [0, 0.1) is 5.92 Å². The molecule has 0 radical (unpaired) electrons. The number of benzene rings is 2. The third-order valence-electron chi connectivity index (χ3n) is 8.72. The van der Waals surface area contributed by atoms with Crippen molar-refractivity contribution in [2.45, 2.75) is 89.6 Å². The molecule has 0 spiro atoms. The zero-order valence-corrected chi connectivity index (χ0v) is 24.4. The number of rotatable bonds is 8. The summed E-state index contributed by atoms with van der Waals surface area (Å²) in [4.78, 5) is 12.7. The van der Waals surface area contributed by atoms with E-state index in [0.717, 1.165) is 66.1 Å². The number of carbonyl (C=O) groups is 1. The summed E-state index contributed by atoms with van der Waals surface area (Å²) in [5.41, 5.74) is 11.4. The molecule has 39 heavy (non-hydrogen) atoms. The summed E-state index contributed by atoms with van der Waals surface area (Å²) in [6.45, 7) is 2.89. The molecule has 7 heteroatoms. The first-order valence-electron chi connectivity index (χ1n) is 14.5. The molecule has 3 aromatic rings. The monoisotopic (exact) mass is 553 g/mol. The summed E-state index contributed by atoms with van der Waals surface area (Å²) in [5.74, 6) is 2.54. The van der Waals surface area contributed by atoms with Gasteiger partial charge in [0.1, 0.15) is 11.5 Å². The first kappa shape index (κ1) is 29.3. The lowest BCUT2D eigenvalue weighted by Crippen LogP contribution is -2.26. The van der Waals surface area contributed by atoms with Crippen LogP contribution in [0.15, 0.2) is 36.5 Å². The molecule has 0 saturated heterocycles. The van der Waals surface area contributed by atoms with Crippen LogP contribution in [-0.2, 0) is 11.3 Å². The Hall–Kier alpha value is -2.70. The zero-order valence-electron chi connectivity index (χ0n) is 23.6. The van der Waals surface area contributed by atoms with E-state index in [2.05, 4.69) is 40.3 Å². The minimum absolute atomic E-state index is 0. The molecule has 2 fully saturated rings. The fourth-order valence-corrected chi connectivity index (χ4v) is 6.67. The SMILES string of the molecule is CCC(=O)Nc1cc(OC)c(C2CCC(N)CC2)c(OC)c1-c1cn(CC2CCCCC2)c2ccccc12.Cl. The highest BCUT2D eigenvalue weighted by Gasteiger charge is 2.31. The largest absolute Gasteiger partial charge is 0.496 e. The van der Waals surface area contributed by atoms with Crippen LogP contribution in [0.1, 0.15) is 82.6 Å². The van der Waals surface area contributed by atoms with Gasteiger partial charge in [-0.05, 0) is 56.4 Å². The topological polar surface area (TPSA) is 78.5 Å². The van der Waals surface area contributed by atoms with Gasteiger partial charge in [0.15, 0.2) is 0 Å². The van der Waals surface area contributed by atoms with E-state index >= 15 is 0 Å². The van der Waals surface area contributed by atoms with Crippen molar-refractivity contribution >= 4 is 34.9 Å². The van der Waals surface area contributed by atoms with E-state index in [0.29, 0.717) is 18.3 Å². The molecule has 1 aromatic heterocycles. The number of nitrogens with one attached hydrogen (secondary N) is 1. The predicted molar refractivity (Wildman–Crippen MR) is 162 cm³/mol. The Bertz CT molecular complexity index is 1270. The van der Waals surface area contributed by atoms with E-state index in [-0.39, 0.29) is 24.4 Å². The minimum Gasteiger partial charge on any atom is -0.496 e. The van der Waals surface area contributed by atoms with Crippen molar-refractivity contribution in [3.63, 3.8) is 0 Å². The van der Waals surface area contributed by atoms with Crippen LogP contribution in [0.4, 0.5) is 5.69 Å². The van der Waals surface area contributed by atoms with Crippen molar-refractivity contribution in [2.75, 3.05) is 19.5 Å².